The molecule has 1 unspecified atom stereocenters. The molecular weight excluding hydrogens is 318 g/mol. The first-order chi connectivity index (χ1) is 12.2. The van der Waals surface area contributed by atoms with Gasteiger partial charge in [-0.2, -0.15) is 0 Å². The van der Waals surface area contributed by atoms with Crippen molar-refractivity contribution < 1.29 is 14.3 Å². The Hall–Kier alpha value is -2.73. The number of hydrogen-bond acceptors (Lipinski definition) is 5. The van der Waals surface area contributed by atoms with Gasteiger partial charge in [-0.05, 0) is 43.3 Å². The minimum atomic E-state index is -0.484. The van der Waals surface area contributed by atoms with Crippen LogP contribution in [0, 0.1) is 0 Å². The topological polar surface area (TPSA) is 71.5 Å². The molecule has 6 heteroatoms. The van der Waals surface area contributed by atoms with Crippen LogP contribution in [0.1, 0.15) is 19.0 Å². The largest absolute Gasteiger partial charge is 0.494 e. The molecule has 6 nitrogen and oxygen atoms in total. The minimum absolute atomic E-state index is 0.175. The van der Waals surface area contributed by atoms with Crippen LogP contribution in [0.2, 0.25) is 0 Å². The van der Waals surface area contributed by atoms with E-state index in [1.807, 2.05) is 25.1 Å². The quantitative estimate of drug-likeness (QED) is 0.781. The van der Waals surface area contributed by atoms with Gasteiger partial charge < -0.3 is 10.1 Å². The number of nitrogens with one attached hydrogen (secondary N) is 1. The standard InChI is InChI=1S/C19H21N3O3/c1-2-25-16-8-6-15(7-9-16)22-18(23)13-17(19(22)24)21-12-10-14-5-3-4-11-20-14/h3-9,11,17,21H,2,10,12-13H2,1H3. The highest BCUT2D eigenvalue weighted by molar-refractivity contribution is 6.22. The summed E-state index contributed by atoms with van der Waals surface area (Å²) in [5, 5.41) is 3.16. The molecule has 1 fully saturated rings. The zero-order valence-corrected chi connectivity index (χ0v) is 14.1. The van der Waals surface area contributed by atoms with Crippen LogP contribution in [-0.4, -0.2) is 36.0 Å². The number of amides is 2. The summed E-state index contributed by atoms with van der Waals surface area (Å²) in [5.74, 6) is 0.315. The third-order valence-electron chi connectivity index (χ3n) is 4.05. The SMILES string of the molecule is CCOc1ccc(N2C(=O)CC(NCCc3ccccn3)C2=O)cc1. The van der Waals surface area contributed by atoms with Crippen LogP contribution in [-0.2, 0) is 16.0 Å². The number of carbonyl (C=O) groups excluding carboxylic acids is 2. The highest BCUT2D eigenvalue weighted by Crippen LogP contribution is 2.25. The van der Waals surface area contributed by atoms with Crippen molar-refractivity contribution in [3.63, 3.8) is 0 Å². The molecular formula is C19H21N3O3. The number of nitrogens with zero attached hydrogens (tertiary/aromatic N) is 2. The van der Waals surface area contributed by atoms with Crippen molar-refractivity contribution in [3.8, 4) is 5.75 Å². The van der Waals surface area contributed by atoms with Crippen LogP contribution >= 0.6 is 0 Å². The van der Waals surface area contributed by atoms with Gasteiger partial charge in [0.15, 0.2) is 0 Å². The van der Waals surface area contributed by atoms with Crippen LogP contribution in [0.4, 0.5) is 5.69 Å². The number of benzene rings is 1. The molecule has 130 valence electrons. The molecule has 0 bridgehead atoms. The number of imide groups is 1. The van der Waals surface area contributed by atoms with E-state index in [0.717, 1.165) is 11.4 Å². The fourth-order valence-corrected chi connectivity index (χ4v) is 2.84. The molecule has 1 aromatic carbocycles. The molecule has 1 aromatic heterocycles. The maximum Gasteiger partial charge on any atom is 0.251 e. The molecule has 3 rings (SSSR count). The zero-order valence-electron chi connectivity index (χ0n) is 14.1. The highest BCUT2D eigenvalue weighted by Gasteiger charge is 2.39. The van der Waals surface area contributed by atoms with E-state index in [1.165, 1.54) is 4.90 Å². The first-order valence-corrected chi connectivity index (χ1v) is 8.42. The molecule has 0 radical (unpaired) electrons. The summed E-state index contributed by atoms with van der Waals surface area (Å²) >= 11 is 0. The summed E-state index contributed by atoms with van der Waals surface area (Å²) in [6, 6.07) is 12.2. The number of rotatable bonds is 7. The lowest BCUT2D eigenvalue weighted by Gasteiger charge is -2.16. The predicted octanol–water partition coefficient (Wildman–Crippen LogP) is 1.94. The number of hydrogen-bond donors (Lipinski definition) is 1. The van der Waals surface area contributed by atoms with Crippen LogP contribution in [0.15, 0.2) is 48.7 Å². The van der Waals surface area contributed by atoms with Gasteiger partial charge in [0.25, 0.3) is 5.91 Å². The first kappa shape index (κ1) is 17.1. The number of anilines is 1. The lowest BCUT2D eigenvalue weighted by Crippen LogP contribution is -2.39. The van der Waals surface area contributed by atoms with E-state index < -0.39 is 6.04 Å². The molecule has 2 aromatic rings. The van der Waals surface area contributed by atoms with Gasteiger partial charge in [0.05, 0.1) is 24.8 Å². The monoisotopic (exact) mass is 339 g/mol. The van der Waals surface area contributed by atoms with Crippen LogP contribution in [0.5, 0.6) is 5.75 Å². The van der Waals surface area contributed by atoms with Gasteiger partial charge in [-0.15, -0.1) is 0 Å². The molecule has 1 atom stereocenters. The van der Waals surface area contributed by atoms with Crippen molar-refractivity contribution in [1.82, 2.24) is 10.3 Å². The number of aromatic nitrogens is 1. The van der Waals surface area contributed by atoms with E-state index in [4.69, 9.17) is 4.74 Å². The lowest BCUT2D eigenvalue weighted by molar-refractivity contribution is -0.121. The second-order valence-corrected chi connectivity index (χ2v) is 5.78. The van der Waals surface area contributed by atoms with Gasteiger partial charge in [-0.25, -0.2) is 4.90 Å². The molecule has 1 aliphatic heterocycles. The van der Waals surface area contributed by atoms with Crippen molar-refractivity contribution in [2.45, 2.75) is 25.8 Å². The highest BCUT2D eigenvalue weighted by atomic mass is 16.5. The summed E-state index contributed by atoms with van der Waals surface area (Å²) in [6.07, 6.45) is 2.63. The maximum absolute atomic E-state index is 12.6. The number of ether oxygens (including phenoxy) is 1. The van der Waals surface area contributed by atoms with Crippen molar-refractivity contribution in [3.05, 3.63) is 54.4 Å². The van der Waals surface area contributed by atoms with Gasteiger partial charge >= 0.3 is 0 Å². The van der Waals surface area contributed by atoms with Crippen molar-refractivity contribution in [2.24, 2.45) is 0 Å². The average molecular weight is 339 g/mol. The van der Waals surface area contributed by atoms with E-state index in [2.05, 4.69) is 10.3 Å². The summed E-state index contributed by atoms with van der Waals surface area (Å²) in [4.78, 5) is 30.3. The van der Waals surface area contributed by atoms with Crippen LogP contribution < -0.4 is 15.0 Å². The normalized spacial score (nSPS) is 17.2. The molecule has 0 saturated carbocycles. The number of carbonyl (C=O) groups is 2. The average Bonchev–Trinajstić information content (AvgIpc) is 2.91. The Kier molecular flexibility index (Phi) is 5.40. The fraction of sp³-hybridized carbons (Fsp3) is 0.316. The van der Waals surface area contributed by atoms with Crippen molar-refractivity contribution >= 4 is 17.5 Å². The van der Waals surface area contributed by atoms with E-state index in [1.54, 1.807) is 30.5 Å². The van der Waals surface area contributed by atoms with E-state index in [0.29, 0.717) is 25.3 Å². The predicted molar refractivity (Wildman–Crippen MR) is 94.5 cm³/mol. The second-order valence-electron chi connectivity index (χ2n) is 5.78. The van der Waals surface area contributed by atoms with Gasteiger partial charge in [0, 0.05) is 24.9 Å². The molecule has 0 spiro atoms. The second kappa shape index (κ2) is 7.90. The van der Waals surface area contributed by atoms with Crippen molar-refractivity contribution in [2.75, 3.05) is 18.1 Å². The first-order valence-electron chi connectivity index (χ1n) is 8.42. The van der Waals surface area contributed by atoms with Gasteiger partial charge in [0.1, 0.15) is 5.75 Å². The Morgan fingerprint density at radius 2 is 2.00 bits per heavy atom. The molecule has 25 heavy (non-hydrogen) atoms. The van der Waals surface area contributed by atoms with Gasteiger partial charge in [-0.1, -0.05) is 6.07 Å². The summed E-state index contributed by atoms with van der Waals surface area (Å²) in [6.45, 7) is 3.07. The van der Waals surface area contributed by atoms with Crippen LogP contribution in [0.3, 0.4) is 0 Å². The lowest BCUT2D eigenvalue weighted by atomic mass is 10.2. The van der Waals surface area contributed by atoms with E-state index in [9.17, 15) is 9.59 Å². The molecule has 1 saturated heterocycles. The van der Waals surface area contributed by atoms with E-state index >= 15 is 0 Å². The fourth-order valence-electron chi connectivity index (χ4n) is 2.84. The Morgan fingerprint density at radius 1 is 1.20 bits per heavy atom. The molecule has 2 amide bonds. The minimum Gasteiger partial charge on any atom is -0.494 e. The summed E-state index contributed by atoms with van der Waals surface area (Å²) < 4.78 is 5.39. The number of pyridine rings is 1. The Morgan fingerprint density at radius 3 is 2.68 bits per heavy atom. The summed E-state index contributed by atoms with van der Waals surface area (Å²) in [5.41, 5.74) is 1.53. The Labute approximate surface area is 146 Å². The van der Waals surface area contributed by atoms with Gasteiger partial charge in [-0.3, -0.25) is 14.6 Å². The summed E-state index contributed by atoms with van der Waals surface area (Å²) in [7, 11) is 0. The maximum atomic E-state index is 12.6. The molecule has 1 aliphatic rings. The van der Waals surface area contributed by atoms with Crippen molar-refractivity contribution in [1.29, 1.82) is 0 Å². The molecule has 2 heterocycles. The third-order valence-corrected chi connectivity index (χ3v) is 4.05. The molecule has 1 N–H and O–H groups in total. The van der Waals surface area contributed by atoms with Crippen LogP contribution in [0.25, 0.3) is 0 Å². The van der Waals surface area contributed by atoms with Gasteiger partial charge in [0.2, 0.25) is 5.91 Å². The zero-order chi connectivity index (χ0) is 17.6. The Bertz CT molecular complexity index is 731. The Balaban J connectivity index is 1.59. The third kappa shape index (κ3) is 4.03. The van der Waals surface area contributed by atoms with E-state index in [-0.39, 0.29) is 18.2 Å². The molecule has 0 aliphatic carbocycles. The smallest absolute Gasteiger partial charge is 0.251 e.